The summed E-state index contributed by atoms with van der Waals surface area (Å²) in [4.78, 5) is 4.91. The molecule has 5 rings (SSSR count). The van der Waals surface area contributed by atoms with Crippen LogP contribution in [0.3, 0.4) is 0 Å². The lowest BCUT2D eigenvalue weighted by Crippen LogP contribution is -2.23. The van der Waals surface area contributed by atoms with Crippen molar-refractivity contribution in [1.29, 1.82) is 0 Å². The Labute approximate surface area is 225 Å². The molecule has 1 N–H and O–H groups in total. The van der Waals surface area contributed by atoms with Crippen LogP contribution in [-0.2, 0) is 10.8 Å². The fourth-order valence-corrected chi connectivity index (χ4v) is 5.75. The molecule has 4 nitrogen and oxygen atoms in total. The van der Waals surface area contributed by atoms with E-state index in [4.69, 9.17) is 26.1 Å². The molecule has 2 aliphatic heterocycles. The number of anilines is 1. The SMILES string of the molecule is COc1ccc2c(c1)C(C)(C)C(/C=C/C1=C(Cl)C(=C/C=C3/Nc4ccc(OC)cc4C3(C)C)/CCC1)=N2. The molecule has 2 aromatic carbocycles. The summed E-state index contributed by atoms with van der Waals surface area (Å²) >= 11 is 6.96. The van der Waals surface area contributed by atoms with Gasteiger partial charge in [0.05, 0.1) is 25.6 Å². The van der Waals surface area contributed by atoms with Crippen molar-refractivity contribution >= 4 is 28.7 Å². The largest absolute Gasteiger partial charge is 0.497 e. The van der Waals surface area contributed by atoms with Crippen LogP contribution in [0.4, 0.5) is 11.4 Å². The van der Waals surface area contributed by atoms with Gasteiger partial charge in [-0.05, 0) is 90.1 Å². The lowest BCUT2D eigenvalue weighted by Gasteiger charge is -2.22. The van der Waals surface area contributed by atoms with Gasteiger partial charge < -0.3 is 14.8 Å². The van der Waals surface area contributed by atoms with Crippen molar-refractivity contribution in [1.82, 2.24) is 0 Å². The van der Waals surface area contributed by atoms with Crippen LogP contribution in [0.25, 0.3) is 0 Å². The molecule has 0 radical (unpaired) electrons. The lowest BCUT2D eigenvalue weighted by molar-refractivity contribution is 0.413. The third kappa shape index (κ3) is 4.53. The van der Waals surface area contributed by atoms with Gasteiger partial charge in [0.15, 0.2) is 0 Å². The third-order valence-corrected chi connectivity index (χ3v) is 8.44. The monoisotopic (exact) mass is 514 g/mol. The van der Waals surface area contributed by atoms with Crippen LogP contribution in [0.15, 0.2) is 87.6 Å². The molecule has 0 saturated carbocycles. The minimum atomic E-state index is -0.192. The second kappa shape index (κ2) is 9.57. The van der Waals surface area contributed by atoms with Crippen molar-refractivity contribution in [3.8, 4) is 11.5 Å². The van der Waals surface area contributed by atoms with Crippen molar-refractivity contribution in [2.24, 2.45) is 4.99 Å². The van der Waals surface area contributed by atoms with Crippen LogP contribution in [0.2, 0.25) is 0 Å². The van der Waals surface area contributed by atoms with Crippen LogP contribution in [0.5, 0.6) is 11.5 Å². The van der Waals surface area contributed by atoms with E-state index in [-0.39, 0.29) is 10.8 Å². The van der Waals surface area contributed by atoms with Gasteiger partial charge in [0.1, 0.15) is 11.5 Å². The average molecular weight is 515 g/mol. The van der Waals surface area contributed by atoms with Crippen LogP contribution in [-0.4, -0.2) is 19.9 Å². The van der Waals surface area contributed by atoms with Crippen molar-refractivity contribution in [2.75, 3.05) is 19.5 Å². The molecule has 2 aromatic rings. The number of fused-ring (bicyclic) bond motifs is 2. The van der Waals surface area contributed by atoms with Crippen LogP contribution in [0, 0.1) is 0 Å². The number of aliphatic imine (C=N–C) groups is 1. The van der Waals surface area contributed by atoms with E-state index in [0.29, 0.717) is 0 Å². The predicted octanol–water partition coefficient (Wildman–Crippen LogP) is 8.51. The summed E-state index contributed by atoms with van der Waals surface area (Å²) in [6.45, 7) is 8.89. The molecule has 0 amide bonds. The van der Waals surface area contributed by atoms with Crippen molar-refractivity contribution in [2.45, 2.75) is 57.8 Å². The standard InChI is InChI=1S/C32H35ClN2O2/c1-31(2)24-18-22(36-5)12-14-26(24)34-28(31)16-10-20-8-7-9-21(30(20)33)11-17-29-32(3,4)25-19-23(37-6)13-15-27(25)35-29/h10-19,34H,7-9H2,1-6H3/b17-11+,20-10+,28-16+. The molecule has 0 atom stereocenters. The first-order chi connectivity index (χ1) is 17.6. The van der Waals surface area contributed by atoms with Gasteiger partial charge in [-0.25, -0.2) is 0 Å². The number of methoxy groups -OCH3 is 2. The second-order valence-corrected chi connectivity index (χ2v) is 11.3. The van der Waals surface area contributed by atoms with Crippen LogP contribution in [0.1, 0.15) is 58.1 Å². The molecule has 3 aliphatic rings. The smallest absolute Gasteiger partial charge is 0.119 e. The number of nitrogens with zero attached hydrogens (tertiary/aromatic N) is 1. The molecule has 0 bridgehead atoms. The molecule has 5 heteroatoms. The summed E-state index contributed by atoms with van der Waals surface area (Å²) in [5.74, 6) is 1.73. The number of halogens is 1. The van der Waals surface area contributed by atoms with Gasteiger partial charge in [-0.15, -0.1) is 0 Å². The van der Waals surface area contributed by atoms with Gasteiger partial charge >= 0.3 is 0 Å². The number of nitrogens with one attached hydrogen (secondary N) is 1. The molecule has 0 unspecified atom stereocenters. The van der Waals surface area contributed by atoms with E-state index in [9.17, 15) is 0 Å². The zero-order valence-electron chi connectivity index (χ0n) is 22.5. The van der Waals surface area contributed by atoms with Crippen molar-refractivity contribution < 1.29 is 9.47 Å². The average Bonchev–Trinajstić information content (AvgIpc) is 3.30. The normalized spacial score (nSPS) is 21.8. The molecule has 0 saturated heterocycles. The van der Waals surface area contributed by atoms with Gasteiger partial charge in [0.2, 0.25) is 0 Å². The van der Waals surface area contributed by atoms with E-state index in [2.05, 4.69) is 75.5 Å². The van der Waals surface area contributed by atoms with Gasteiger partial charge in [0.25, 0.3) is 0 Å². The van der Waals surface area contributed by atoms with E-state index in [0.717, 1.165) is 64.2 Å². The summed E-state index contributed by atoms with van der Waals surface area (Å²) < 4.78 is 10.9. The molecule has 37 heavy (non-hydrogen) atoms. The Hall–Kier alpha value is -3.24. The molecule has 192 valence electrons. The Morgan fingerprint density at radius 3 is 2.30 bits per heavy atom. The molecule has 1 aliphatic carbocycles. The lowest BCUT2D eigenvalue weighted by atomic mass is 9.81. The highest BCUT2D eigenvalue weighted by Gasteiger charge is 2.35. The van der Waals surface area contributed by atoms with Gasteiger partial charge in [-0.3, -0.25) is 4.99 Å². The van der Waals surface area contributed by atoms with E-state index >= 15 is 0 Å². The number of benzene rings is 2. The fourth-order valence-electron chi connectivity index (χ4n) is 5.44. The topological polar surface area (TPSA) is 42.8 Å². The molecule has 0 spiro atoms. The van der Waals surface area contributed by atoms with Crippen LogP contribution < -0.4 is 14.8 Å². The van der Waals surface area contributed by atoms with E-state index in [1.807, 2.05) is 18.2 Å². The first-order valence-electron chi connectivity index (χ1n) is 12.9. The van der Waals surface area contributed by atoms with Gasteiger partial charge in [0, 0.05) is 27.2 Å². The first kappa shape index (κ1) is 25.4. The van der Waals surface area contributed by atoms with Crippen LogP contribution >= 0.6 is 11.6 Å². The number of hydrogen-bond acceptors (Lipinski definition) is 4. The maximum absolute atomic E-state index is 6.96. The Morgan fingerprint density at radius 2 is 1.57 bits per heavy atom. The zero-order valence-corrected chi connectivity index (χ0v) is 23.3. The summed E-state index contributed by atoms with van der Waals surface area (Å²) in [6.07, 6.45) is 11.7. The number of ether oxygens (including phenoxy) is 2. The van der Waals surface area contributed by atoms with E-state index < -0.39 is 0 Å². The zero-order chi connectivity index (χ0) is 26.4. The second-order valence-electron chi connectivity index (χ2n) is 11.0. The third-order valence-electron chi connectivity index (χ3n) is 7.95. The van der Waals surface area contributed by atoms with Crippen molar-refractivity contribution in [3.05, 3.63) is 93.7 Å². The minimum absolute atomic E-state index is 0.140. The predicted molar refractivity (Wildman–Crippen MR) is 155 cm³/mol. The Morgan fingerprint density at radius 1 is 0.865 bits per heavy atom. The molecule has 0 fully saturated rings. The summed E-state index contributed by atoms with van der Waals surface area (Å²) in [5, 5.41) is 4.44. The molecular formula is C32H35ClN2O2. The summed E-state index contributed by atoms with van der Waals surface area (Å²) in [7, 11) is 3.40. The van der Waals surface area contributed by atoms with Crippen molar-refractivity contribution in [3.63, 3.8) is 0 Å². The number of rotatable bonds is 5. The minimum Gasteiger partial charge on any atom is -0.497 e. The van der Waals surface area contributed by atoms with E-state index in [1.165, 1.54) is 16.7 Å². The maximum atomic E-state index is 6.96. The fraction of sp³-hybridized carbons (Fsp3) is 0.344. The van der Waals surface area contributed by atoms with Gasteiger partial charge in [-0.2, -0.15) is 0 Å². The summed E-state index contributed by atoms with van der Waals surface area (Å²) in [6, 6.07) is 12.3. The molecular weight excluding hydrogens is 480 g/mol. The highest BCUT2D eigenvalue weighted by atomic mass is 35.5. The molecule has 2 heterocycles. The maximum Gasteiger partial charge on any atom is 0.119 e. The molecule has 0 aromatic heterocycles. The summed E-state index contributed by atoms with van der Waals surface area (Å²) in [5.41, 5.74) is 8.76. The number of allylic oxidation sites excluding steroid dienone is 8. The highest BCUT2D eigenvalue weighted by molar-refractivity contribution is 6.32. The number of hydrogen-bond donors (Lipinski definition) is 1. The Balaban J connectivity index is 1.39. The quantitative estimate of drug-likeness (QED) is 0.434. The highest BCUT2D eigenvalue weighted by Crippen LogP contribution is 2.45. The van der Waals surface area contributed by atoms with Gasteiger partial charge in [-0.1, -0.05) is 51.4 Å². The first-order valence-corrected chi connectivity index (χ1v) is 13.2. The van der Waals surface area contributed by atoms with E-state index in [1.54, 1.807) is 14.2 Å². The Bertz CT molecular complexity index is 1410. The Kier molecular flexibility index (Phi) is 6.57.